The van der Waals surface area contributed by atoms with Crippen LogP contribution in [0, 0.1) is 5.82 Å². The highest BCUT2D eigenvalue weighted by Crippen LogP contribution is 2.24. The molecule has 2 N–H and O–H groups in total. The van der Waals surface area contributed by atoms with Crippen LogP contribution in [0.25, 0.3) is 0 Å². The fourth-order valence-corrected chi connectivity index (χ4v) is 2.32. The Balaban J connectivity index is 2.19. The number of phenolic OH excluding ortho intramolecular Hbond substituents is 1. The van der Waals surface area contributed by atoms with E-state index in [1.54, 1.807) is 7.11 Å². The summed E-state index contributed by atoms with van der Waals surface area (Å²) in [6.07, 6.45) is 0. The number of halogens is 1. The third-order valence-corrected chi connectivity index (χ3v) is 3.55. The number of methoxy groups -OCH3 is 1. The molecule has 0 aliphatic carbocycles. The second-order valence-corrected chi connectivity index (χ2v) is 5.26. The number of hydrogen-bond acceptors (Lipinski definition) is 3. The topological polar surface area (TPSA) is 41.5 Å². The number of ether oxygens (including phenoxy) is 1. The first-order chi connectivity index (χ1) is 10.0. The van der Waals surface area contributed by atoms with Crippen molar-refractivity contribution >= 4 is 0 Å². The van der Waals surface area contributed by atoms with Gasteiger partial charge in [-0.25, -0.2) is 4.39 Å². The van der Waals surface area contributed by atoms with Crippen molar-refractivity contribution < 1.29 is 14.2 Å². The van der Waals surface area contributed by atoms with Gasteiger partial charge in [-0.15, -0.1) is 0 Å². The van der Waals surface area contributed by atoms with Crippen molar-refractivity contribution in [3.05, 3.63) is 65.5 Å². The van der Waals surface area contributed by atoms with Gasteiger partial charge in [0.2, 0.25) is 0 Å². The smallest absolute Gasteiger partial charge is 0.123 e. The molecule has 2 aromatic carbocycles. The summed E-state index contributed by atoms with van der Waals surface area (Å²) in [5.74, 6) is -0.283. The molecule has 21 heavy (non-hydrogen) atoms. The molecule has 0 saturated carbocycles. The molecule has 4 heteroatoms. The van der Waals surface area contributed by atoms with E-state index in [-0.39, 0.29) is 11.6 Å². The Bertz CT molecular complexity index is 589. The van der Waals surface area contributed by atoms with Gasteiger partial charge in [0, 0.05) is 19.2 Å². The monoisotopic (exact) mass is 289 g/mol. The molecule has 0 heterocycles. The highest BCUT2D eigenvalue weighted by atomic mass is 19.1. The number of benzene rings is 2. The number of phenols is 1. The van der Waals surface area contributed by atoms with Crippen LogP contribution in [-0.4, -0.2) is 18.8 Å². The van der Waals surface area contributed by atoms with E-state index in [4.69, 9.17) is 4.74 Å². The van der Waals surface area contributed by atoms with Crippen molar-refractivity contribution in [2.45, 2.75) is 19.0 Å². The van der Waals surface area contributed by atoms with Crippen LogP contribution in [0.5, 0.6) is 5.75 Å². The zero-order chi connectivity index (χ0) is 15.3. The van der Waals surface area contributed by atoms with Crippen LogP contribution in [-0.2, 0) is 16.8 Å². The molecule has 0 fully saturated rings. The van der Waals surface area contributed by atoms with Crippen LogP contribution >= 0.6 is 0 Å². The Morgan fingerprint density at radius 1 is 1.19 bits per heavy atom. The minimum Gasteiger partial charge on any atom is -0.508 e. The Morgan fingerprint density at radius 2 is 1.90 bits per heavy atom. The van der Waals surface area contributed by atoms with E-state index in [0.717, 1.165) is 5.56 Å². The summed E-state index contributed by atoms with van der Waals surface area (Å²) in [6.45, 7) is 2.83. The molecule has 1 atom stereocenters. The zero-order valence-corrected chi connectivity index (χ0v) is 12.3. The SMILES string of the molecule is COC[C@@](C)(NCc1cc(F)ccc1O)c1ccccc1. The van der Waals surface area contributed by atoms with Gasteiger partial charge >= 0.3 is 0 Å². The lowest BCUT2D eigenvalue weighted by molar-refractivity contribution is 0.117. The predicted molar refractivity (Wildman–Crippen MR) is 80.6 cm³/mol. The van der Waals surface area contributed by atoms with Gasteiger partial charge in [0.25, 0.3) is 0 Å². The third-order valence-electron chi connectivity index (χ3n) is 3.55. The van der Waals surface area contributed by atoms with Gasteiger partial charge in [-0.1, -0.05) is 30.3 Å². The second-order valence-electron chi connectivity index (χ2n) is 5.26. The van der Waals surface area contributed by atoms with E-state index in [1.807, 2.05) is 37.3 Å². The van der Waals surface area contributed by atoms with Crippen molar-refractivity contribution in [3.8, 4) is 5.75 Å². The summed E-state index contributed by atoms with van der Waals surface area (Å²) in [7, 11) is 1.64. The van der Waals surface area contributed by atoms with Crippen molar-refractivity contribution in [3.63, 3.8) is 0 Å². The normalized spacial score (nSPS) is 13.9. The minimum atomic E-state index is -0.422. The lowest BCUT2D eigenvalue weighted by Crippen LogP contribution is -2.43. The highest BCUT2D eigenvalue weighted by molar-refractivity contribution is 5.33. The third kappa shape index (κ3) is 3.80. The maximum atomic E-state index is 13.3. The van der Waals surface area contributed by atoms with Gasteiger partial charge in [-0.3, -0.25) is 0 Å². The fourth-order valence-electron chi connectivity index (χ4n) is 2.32. The first-order valence-electron chi connectivity index (χ1n) is 6.82. The Morgan fingerprint density at radius 3 is 2.57 bits per heavy atom. The average molecular weight is 289 g/mol. The molecule has 0 aliphatic rings. The molecule has 0 unspecified atom stereocenters. The van der Waals surface area contributed by atoms with Crippen molar-refractivity contribution in [1.29, 1.82) is 0 Å². The fraction of sp³-hybridized carbons (Fsp3) is 0.294. The highest BCUT2D eigenvalue weighted by Gasteiger charge is 2.26. The number of hydrogen-bond donors (Lipinski definition) is 2. The van der Waals surface area contributed by atoms with Crippen LogP contribution in [0.2, 0.25) is 0 Å². The van der Waals surface area contributed by atoms with Gasteiger partial charge in [-0.05, 0) is 30.7 Å². The van der Waals surface area contributed by atoms with Crippen molar-refractivity contribution in [1.82, 2.24) is 5.32 Å². The summed E-state index contributed by atoms with van der Waals surface area (Å²) in [4.78, 5) is 0. The van der Waals surface area contributed by atoms with Crippen LogP contribution < -0.4 is 5.32 Å². The largest absolute Gasteiger partial charge is 0.508 e. The average Bonchev–Trinajstić information content (AvgIpc) is 2.49. The predicted octanol–water partition coefficient (Wildman–Crippen LogP) is 3.18. The van der Waals surface area contributed by atoms with Crippen LogP contribution in [0.15, 0.2) is 48.5 Å². The van der Waals surface area contributed by atoms with Crippen molar-refractivity contribution in [2.24, 2.45) is 0 Å². The maximum absolute atomic E-state index is 13.3. The number of aromatic hydroxyl groups is 1. The van der Waals surface area contributed by atoms with Gasteiger partial charge < -0.3 is 15.2 Å². The first kappa shape index (κ1) is 15.5. The summed E-state index contributed by atoms with van der Waals surface area (Å²) in [5, 5.41) is 13.1. The molecule has 0 amide bonds. The molecular formula is C17H20FNO2. The Kier molecular flexibility index (Phi) is 4.94. The molecule has 0 bridgehead atoms. The van der Waals surface area contributed by atoms with Gasteiger partial charge in [-0.2, -0.15) is 0 Å². The number of nitrogens with one attached hydrogen (secondary N) is 1. The summed E-state index contributed by atoms with van der Waals surface area (Å²) < 4.78 is 18.6. The zero-order valence-electron chi connectivity index (χ0n) is 12.3. The maximum Gasteiger partial charge on any atom is 0.123 e. The molecular weight excluding hydrogens is 269 g/mol. The molecule has 112 valence electrons. The second kappa shape index (κ2) is 6.70. The molecule has 3 nitrogen and oxygen atoms in total. The molecule has 0 radical (unpaired) electrons. The summed E-state index contributed by atoms with van der Waals surface area (Å²) in [6, 6.07) is 13.8. The molecule has 2 rings (SSSR count). The molecule has 0 aromatic heterocycles. The summed E-state index contributed by atoms with van der Waals surface area (Å²) >= 11 is 0. The molecule has 0 spiro atoms. The van der Waals surface area contributed by atoms with Gasteiger partial charge in [0.05, 0.1) is 12.1 Å². The van der Waals surface area contributed by atoms with Crippen LogP contribution in [0.3, 0.4) is 0 Å². The lowest BCUT2D eigenvalue weighted by Gasteiger charge is -2.31. The Hall–Kier alpha value is -1.91. The van der Waals surface area contributed by atoms with E-state index in [9.17, 15) is 9.50 Å². The quantitative estimate of drug-likeness (QED) is 0.858. The van der Waals surface area contributed by atoms with E-state index < -0.39 is 5.54 Å². The van der Waals surface area contributed by atoms with E-state index in [2.05, 4.69) is 5.32 Å². The first-order valence-corrected chi connectivity index (χ1v) is 6.82. The van der Waals surface area contributed by atoms with Crippen LogP contribution in [0.1, 0.15) is 18.1 Å². The lowest BCUT2D eigenvalue weighted by atomic mass is 9.92. The van der Waals surface area contributed by atoms with Gasteiger partial charge in [0.1, 0.15) is 11.6 Å². The molecule has 2 aromatic rings. The minimum absolute atomic E-state index is 0.0803. The van der Waals surface area contributed by atoms with Crippen LogP contribution in [0.4, 0.5) is 4.39 Å². The van der Waals surface area contributed by atoms with Gasteiger partial charge in [0.15, 0.2) is 0 Å². The van der Waals surface area contributed by atoms with E-state index in [1.165, 1.54) is 18.2 Å². The molecule has 0 saturated heterocycles. The standard InChI is InChI=1S/C17H20FNO2/c1-17(12-21-2,14-6-4-3-5-7-14)19-11-13-10-15(18)8-9-16(13)20/h3-10,19-20H,11-12H2,1-2H3/t17-/m1/s1. The summed E-state index contributed by atoms with van der Waals surface area (Å²) in [5.41, 5.74) is 1.17. The van der Waals surface area contributed by atoms with E-state index in [0.29, 0.717) is 18.7 Å². The van der Waals surface area contributed by atoms with E-state index >= 15 is 0 Å². The number of rotatable bonds is 6. The van der Waals surface area contributed by atoms with Crippen molar-refractivity contribution in [2.75, 3.05) is 13.7 Å². The Labute approximate surface area is 124 Å². The molecule has 0 aliphatic heterocycles.